The third kappa shape index (κ3) is 8.04. The Bertz CT molecular complexity index is 1500. The molecule has 42 heavy (non-hydrogen) atoms. The second kappa shape index (κ2) is 13.6. The standard InChI is InChI=1S/C30H33ClF3N3O4S/c1-5-21(3)35-29(39)22(4)36(18-23-9-7-6-8-10-23)28(38)19-37(42(40,41)25-14-11-20(2)12-15-25)24-13-16-27(31)26(17-24)30(32,33)34/h6-17,21-22H,5,18-19H2,1-4H3,(H,35,39)/t21-,22+/m1/s1. The maximum atomic E-state index is 13.9. The van der Waals surface area contributed by atoms with Crippen molar-refractivity contribution in [2.75, 3.05) is 10.8 Å². The summed E-state index contributed by atoms with van der Waals surface area (Å²) < 4.78 is 69.6. The number of carbonyl (C=O) groups excluding carboxylic acids is 2. The number of hydrogen-bond donors (Lipinski definition) is 1. The molecule has 0 aromatic heterocycles. The third-order valence-corrected chi connectivity index (χ3v) is 8.91. The number of nitrogens with zero attached hydrogens (tertiary/aromatic N) is 2. The van der Waals surface area contributed by atoms with Crippen molar-refractivity contribution in [3.63, 3.8) is 0 Å². The summed E-state index contributed by atoms with van der Waals surface area (Å²) in [6.45, 7) is 6.05. The second-order valence-electron chi connectivity index (χ2n) is 9.99. The van der Waals surface area contributed by atoms with Crippen LogP contribution in [0.2, 0.25) is 5.02 Å². The van der Waals surface area contributed by atoms with Gasteiger partial charge in [-0.3, -0.25) is 13.9 Å². The van der Waals surface area contributed by atoms with Crippen molar-refractivity contribution in [1.82, 2.24) is 10.2 Å². The molecule has 2 atom stereocenters. The molecular weight excluding hydrogens is 591 g/mol. The van der Waals surface area contributed by atoms with Crippen molar-refractivity contribution < 1.29 is 31.2 Å². The largest absolute Gasteiger partial charge is 0.417 e. The molecule has 1 N–H and O–H groups in total. The lowest BCUT2D eigenvalue weighted by atomic mass is 10.1. The highest BCUT2D eigenvalue weighted by molar-refractivity contribution is 7.92. The summed E-state index contributed by atoms with van der Waals surface area (Å²) in [5.41, 5.74) is -0.219. The van der Waals surface area contributed by atoms with Crippen LogP contribution in [-0.2, 0) is 32.3 Å². The minimum Gasteiger partial charge on any atom is -0.352 e. The van der Waals surface area contributed by atoms with E-state index in [1.807, 2.05) is 13.8 Å². The molecular formula is C30H33ClF3N3O4S. The van der Waals surface area contributed by atoms with Gasteiger partial charge in [0.05, 0.1) is 21.2 Å². The Morgan fingerprint density at radius 1 is 0.976 bits per heavy atom. The van der Waals surface area contributed by atoms with Gasteiger partial charge in [-0.15, -0.1) is 0 Å². The Labute approximate surface area is 249 Å². The molecule has 3 aromatic rings. The van der Waals surface area contributed by atoms with E-state index in [4.69, 9.17) is 11.6 Å². The Kier molecular flexibility index (Phi) is 10.7. The van der Waals surface area contributed by atoms with E-state index < -0.39 is 56.9 Å². The van der Waals surface area contributed by atoms with Crippen LogP contribution in [0.5, 0.6) is 0 Å². The van der Waals surface area contributed by atoms with Gasteiger partial charge in [0.15, 0.2) is 0 Å². The van der Waals surface area contributed by atoms with Crippen molar-refractivity contribution in [3.05, 3.63) is 94.5 Å². The molecule has 0 spiro atoms. The van der Waals surface area contributed by atoms with Gasteiger partial charge >= 0.3 is 6.18 Å². The summed E-state index contributed by atoms with van der Waals surface area (Å²) in [5.74, 6) is -1.24. The lowest BCUT2D eigenvalue weighted by molar-refractivity contribution is -0.139. The molecule has 226 valence electrons. The molecule has 0 aliphatic carbocycles. The average molecular weight is 624 g/mol. The van der Waals surface area contributed by atoms with Gasteiger partial charge in [0, 0.05) is 12.6 Å². The molecule has 0 heterocycles. The van der Waals surface area contributed by atoms with Crippen LogP contribution in [0.1, 0.15) is 43.9 Å². The minimum absolute atomic E-state index is 0.0401. The first-order chi connectivity index (χ1) is 19.6. The van der Waals surface area contributed by atoms with E-state index in [1.165, 1.54) is 24.0 Å². The SMILES string of the molecule is CC[C@@H](C)NC(=O)[C@H](C)N(Cc1ccccc1)C(=O)CN(c1ccc(Cl)c(C(F)(F)F)c1)S(=O)(=O)c1ccc(C)cc1. The van der Waals surface area contributed by atoms with E-state index in [0.717, 1.165) is 17.7 Å². The number of halogens is 4. The van der Waals surface area contributed by atoms with E-state index >= 15 is 0 Å². The number of amides is 2. The number of alkyl halides is 3. The van der Waals surface area contributed by atoms with Gasteiger partial charge in [-0.25, -0.2) is 8.42 Å². The Morgan fingerprint density at radius 2 is 1.60 bits per heavy atom. The predicted molar refractivity (Wildman–Crippen MR) is 157 cm³/mol. The molecule has 7 nitrogen and oxygen atoms in total. The van der Waals surface area contributed by atoms with Gasteiger partial charge in [-0.1, -0.05) is 66.6 Å². The summed E-state index contributed by atoms with van der Waals surface area (Å²) in [6.07, 6.45) is -4.23. The smallest absolute Gasteiger partial charge is 0.352 e. The molecule has 3 rings (SSSR count). The van der Waals surface area contributed by atoms with E-state index in [1.54, 1.807) is 49.4 Å². The monoisotopic (exact) mass is 623 g/mol. The number of carbonyl (C=O) groups is 2. The van der Waals surface area contributed by atoms with Crippen molar-refractivity contribution in [3.8, 4) is 0 Å². The van der Waals surface area contributed by atoms with E-state index in [9.17, 15) is 31.2 Å². The van der Waals surface area contributed by atoms with Crippen LogP contribution in [0, 0.1) is 6.92 Å². The first-order valence-corrected chi connectivity index (χ1v) is 15.1. The van der Waals surface area contributed by atoms with E-state index in [0.29, 0.717) is 22.4 Å². The molecule has 0 aliphatic rings. The van der Waals surface area contributed by atoms with Crippen LogP contribution in [0.15, 0.2) is 77.7 Å². The maximum absolute atomic E-state index is 13.9. The summed E-state index contributed by atoms with van der Waals surface area (Å²) >= 11 is 5.80. The van der Waals surface area contributed by atoms with Gasteiger partial charge in [-0.05, 0) is 63.1 Å². The normalized spacial score (nSPS) is 13.2. The molecule has 0 aliphatic heterocycles. The molecule has 3 aromatic carbocycles. The fourth-order valence-electron chi connectivity index (χ4n) is 4.08. The summed E-state index contributed by atoms with van der Waals surface area (Å²) in [6, 6.07) is 15.9. The predicted octanol–water partition coefficient (Wildman–Crippen LogP) is 6.19. The number of anilines is 1. The second-order valence-corrected chi connectivity index (χ2v) is 12.3. The van der Waals surface area contributed by atoms with Crippen LogP contribution in [0.25, 0.3) is 0 Å². The topological polar surface area (TPSA) is 86.8 Å². The first-order valence-electron chi connectivity index (χ1n) is 13.2. The van der Waals surface area contributed by atoms with Crippen LogP contribution < -0.4 is 9.62 Å². The molecule has 0 unspecified atom stereocenters. The zero-order valence-electron chi connectivity index (χ0n) is 23.7. The van der Waals surface area contributed by atoms with Crippen LogP contribution in [0.3, 0.4) is 0 Å². The highest BCUT2D eigenvalue weighted by Gasteiger charge is 2.37. The Hall–Kier alpha value is -3.57. The molecule has 0 bridgehead atoms. The number of rotatable bonds is 11. The fourth-order valence-corrected chi connectivity index (χ4v) is 5.71. The number of hydrogen-bond acceptors (Lipinski definition) is 4. The summed E-state index contributed by atoms with van der Waals surface area (Å²) in [4.78, 5) is 28.0. The summed E-state index contributed by atoms with van der Waals surface area (Å²) in [7, 11) is -4.54. The maximum Gasteiger partial charge on any atom is 0.417 e. The Morgan fingerprint density at radius 3 is 2.17 bits per heavy atom. The van der Waals surface area contributed by atoms with Crippen molar-refractivity contribution >= 4 is 39.1 Å². The molecule has 12 heteroatoms. The number of nitrogens with one attached hydrogen (secondary N) is 1. The zero-order chi connectivity index (χ0) is 31.2. The van der Waals surface area contributed by atoms with Crippen molar-refractivity contribution in [2.24, 2.45) is 0 Å². The Balaban J connectivity index is 2.11. The number of benzene rings is 3. The van der Waals surface area contributed by atoms with Crippen molar-refractivity contribution in [2.45, 2.75) is 63.8 Å². The zero-order valence-corrected chi connectivity index (χ0v) is 25.2. The van der Waals surface area contributed by atoms with Crippen LogP contribution in [-0.4, -0.2) is 43.8 Å². The van der Waals surface area contributed by atoms with Crippen LogP contribution in [0.4, 0.5) is 18.9 Å². The fraction of sp³-hybridized carbons (Fsp3) is 0.333. The molecule has 2 amide bonds. The van der Waals surface area contributed by atoms with Gasteiger partial charge in [0.25, 0.3) is 10.0 Å². The molecule has 0 radical (unpaired) electrons. The molecule has 0 saturated heterocycles. The lowest BCUT2D eigenvalue weighted by Gasteiger charge is -2.32. The minimum atomic E-state index is -4.88. The van der Waals surface area contributed by atoms with Crippen LogP contribution >= 0.6 is 11.6 Å². The quantitative estimate of drug-likeness (QED) is 0.276. The highest BCUT2D eigenvalue weighted by atomic mass is 35.5. The lowest BCUT2D eigenvalue weighted by Crippen LogP contribution is -2.52. The third-order valence-electron chi connectivity index (χ3n) is 6.80. The first kappa shape index (κ1) is 32.9. The number of aryl methyl sites for hydroxylation is 1. The molecule has 0 fully saturated rings. The number of sulfonamides is 1. The summed E-state index contributed by atoms with van der Waals surface area (Å²) in [5, 5.41) is 2.20. The van der Waals surface area contributed by atoms with Gasteiger partial charge in [0.2, 0.25) is 11.8 Å². The van der Waals surface area contributed by atoms with E-state index in [2.05, 4.69) is 5.32 Å². The van der Waals surface area contributed by atoms with Gasteiger partial charge in [-0.2, -0.15) is 13.2 Å². The van der Waals surface area contributed by atoms with Gasteiger partial charge in [0.1, 0.15) is 12.6 Å². The van der Waals surface area contributed by atoms with Crippen molar-refractivity contribution in [1.29, 1.82) is 0 Å². The van der Waals surface area contributed by atoms with E-state index in [-0.39, 0.29) is 17.5 Å². The van der Waals surface area contributed by atoms with Gasteiger partial charge < -0.3 is 10.2 Å². The molecule has 0 saturated carbocycles. The highest BCUT2D eigenvalue weighted by Crippen LogP contribution is 2.38. The average Bonchev–Trinajstić information content (AvgIpc) is 2.94.